The van der Waals surface area contributed by atoms with E-state index >= 15 is 0 Å². The molecule has 1 fully saturated rings. The molecule has 3 aromatic rings. The number of carbonyl (C=O) groups excluding carboxylic acids is 1. The van der Waals surface area contributed by atoms with Gasteiger partial charge in [0.15, 0.2) is 0 Å². The Morgan fingerprint density at radius 3 is 1.68 bits per heavy atom. The van der Waals surface area contributed by atoms with Gasteiger partial charge in [0.05, 0.1) is 26.4 Å². The van der Waals surface area contributed by atoms with E-state index in [1.54, 1.807) is 0 Å². The van der Waals surface area contributed by atoms with Gasteiger partial charge in [0, 0.05) is 6.92 Å². The Morgan fingerprint density at radius 2 is 1.18 bits per heavy atom. The van der Waals surface area contributed by atoms with Crippen LogP contribution in [0.1, 0.15) is 23.6 Å². The first kappa shape index (κ1) is 24.1. The number of rotatable bonds is 11. The second kappa shape index (κ2) is 12.4. The fraction of sp³-hybridized carbons (Fsp3) is 0.321. The van der Waals surface area contributed by atoms with Gasteiger partial charge in [-0.1, -0.05) is 91.0 Å². The highest BCUT2D eigenvalue weighted by Gasteiger charge is 2.48. The predicted octanol–water partition coefficient (Wildman–Crippen LogP) is 4.66. The Kier molecular flexibility index (Phi) is 8.82. The van der Waals surface area contributed by atoms with E-state index in [1.165, 1.54) is 6.92 Å². The molecule has 0 aliphatic carbocycles. The van der Waals surface area contributed by atoms with Gasteiger partial charge in [-0.3, -0.25) is 4.79 Å². The average Bonchev–Trinajstić information content (AvgIpc) is 3.18. The molecule has 0 unspecified atom stereocenters. The Hall–Kier alpha value is -3.03. The third kappa shape index (κ3) is 6.98. The van der Waals surface area contributed by atoms with Crippen molar-refractivity contribution in [3.63, 3.8) is 0 Å². The van der Waals surface area contributed by atoms with Gasteiger partial charge in [-0.05, 0) is 16.7 Å². The van der Waals surface area contributed by atoms with Crippen LogP contribution >= 0.6 is 0 Å². The van der Waals surface area contributed by atoms with Crippen molar-refractivity contribution in [3.05, 3.63) is 108 Å². The highest BCUT2D eigenvalue weighted by Crippen LogP contribution is 2.30. The zero-order valence-electron chi connectivity index (χ0n) is 19.2. The van der Waals surface area contributed by atoms with Crippen LogP contribution in [-0.4, -0.2) is 37.2 Å². The first-order valence-corrected chi connectivity index (χ1v) is 11.4. The van der Waals surface area contributed by atoms with E-state index in [-0.39, 0.29) is 6.61 Å². The molecule has 0 bridgehead atoms. The maximum atomic E-state index is 11.8. The second-order valence-corrected chi connectivity index (χ2v) is 8.18. The van der Waals surface area contributed by atoms with E-state index in [4.69, 9.17) is 23.7 Å². The first-order valence-electron chi connectivity index (χ1n) is 11.4. The number of benzene rings is 3. The lowest BCUT2D eigenvalue weighted by molar-refractivity contribution is -0.195. The van der Waals surface area contributed by atoms with Gasteiger partial charge in [0.25, 0.3) is 0 Å². The lowest BCUT2D eigenvalue weighted by atomic mass is 10.1. The van der Waals surface area contributed by atoms with Gasteiger partial charge >= 0.3 is 5.97 Å². The van der Waals surface area contributed by atoms with E-state index in [0.29, 0.717) is 19.8 Å². The molecule has 4 rings (SSSR count). The van der Waals surface area contributed by atoms with Gasteiger partial charge in [-0.25, -0.2) is 0 Å². The van der Waals surface area contributed by atoms with E-state index in [9.17, 15) is 4.79 Å². The molecule has 3 aromatic carbocycles. The van der Waals surface area contributed by atoms with Crippen molar-refractivity contribution in [3.8, 4) is 0 Å². The van der Waals surface area contributed by atoms with Gasteiger partial charge in [0.1, 0.15) is 18.3 Å². The van der Waals surface area contributed by atoms with Gasteiger partial charge in [0.2, 0.25) is 6.29 Å². The number of hydrogen-bond donors (Lipinski definition) is 0. The number of ether oxygens (including phenoxy) is 5. The summed E-state index contributed by atoms with van der Waals surface area (Å²) >= 11 is 0. The monoisotopic (exact) mass is 462 g/mol. The fourth-order valence-corrected chi connectivity index (χ4v) is 3.86. The van der Waals surface area contributed by atoms with Gasteiger partial charge in [-0.15, -0.1) is 0 Å². The summed E-state index contributed by atoms with van der Waals surface area (Å²) in [5.74, 6) is -0.439. The summed E-state index contributed by atoms with van der Waals surface area (Å²) in [7, 11) is 0. The second-order valence-electron chi connectivity index (χ2n) is 8.18. The molecule has 1 aliphatic rings. The summed E-state index contributed by atoms with van der Waals surface area (Å²) in [4.78, 5) is 11.8. The summed E-state index contributed by atoms with van der Waals surface area (Å²) in [5, 5.41) is 0. The van der Waals surface area contributed by atoms with Crippen LogP contribution in [0.2, 0.25) is 0 Å². The van der Waals surface area contributed by atoms with Gasteiger partial charge in [-0.2, -0.15) is 0 Å². The van der Waals surface area contributed by atoms with Crippen LogP contribution in [0.3, 0.4) is 0 Å². The molecular formula is C28H30O6. The maximum absolute atomic E-state index is 11.8. The van der Waals surface area contributed by atoms with Crippen LogP contribution in [0.25, 0.3) is 0 Å². The largest absolute Gasteiger partial charge is 0.433 e. The Balaban J connectivity index is 1.47. The minimum atomic E-state index is -0.882. The van der Waals surface area contributed by atoms with E-state index in [1.807, 2.05) is 91.0 Å². The molecule has 1 saturated heterocycles. The molecule has 0 radical (unpaired) electrons. The summed E-state index contributed by atoms with van der Waals surface area (Å²) < 4.78 is 30.0. The number of hydrogen-bond acceptors (Lipinski definition) is 6. The number of esters is 1. The topological polar surface area (TPSA) is 63.2 Å². The highest BCUT2D eigenvalue weighted by molar-refractivity contribution is 5.66. The molecule has 0 aromatic heterocycles. The third-order valence-corrected chi connectivity index (χ3v) is 5.51. The summed E-state index contributed by atoms with van der Waals surface area (Å²) in [6, 6.07) is 29.7. The first-order chi connectivity index (χ1) is 16.7. The van der Waals surface area contributed by atoms with Crippen LogP contribution in [-0.2, 0) is 48.3 Å². The maximum Gasteiger partial charge on any atom is 0.305 e. The lowest BCUT2D eigenvalue weighted by Crippen LogP contribution is -2.40. The van der Waals surface area contributed by atoms with Crippen LogP contribution in [0.4, 0.5) is 0 Å². The molecule has 0 saturated carbocycles. The Bertz CT molecular complexity index is 995. The van der Waals surface area contributed by atoms with Crippen LogP contribution in [0.15, 0.2) is 91.0 Å². The average molecular weight is 463 g/mol. The van der Waals surface area contributed by atoms with Crippen molar-refractivity contribution in [2.45, 2.75) is 51.3 Å². The van der Waals surface area contributed by atoms with Gasteiger partial charge < -0.3 is 23.7 Å². The molecule has 0 spiro atoms. The molecule has 0 amide bonds. The minimum absolute atomic E-state index is 0.275. The minimum Gasteiger partial charge on any atom is -0.433 e. The summed E-state index contributed by atoms with van der Waals surface area (Å²) in [6.45, 7) is 2.80. The van der Waals surface area contributed by atoms with Crippen LogP contribution < -0.4 is 0 Å². The van der Waals surface area contributed by atoms with E-state index < -0.39 is 30.6 Å². The molecule has 1 heterocycles. The third-order valence-electron chi connectivity index (χ3n) is 5.51. The van der Waals surface area contributed by atoms with E-state index in [0.717, 1.165) is 16.7 Å². The molecule has 6 nitrogen and oxygen atoms in total. The fourth-order valence-electron chi connectivity index (χ4n) is 3.86. The SMILES string of the molecule is CC(=O)O[C@@H]1O[C@@H](COCc2ccccc2)[C@@H](OCc2ccccc2)[C@@H]1OCc1ccccc1. The normalized spacial score (nSPS) is 21.9. The van der Waals surface area contributed by atoms with Crippen molar-refractivity contribution in [2.24, 2.45) is 0 Å². The standard InChI is InChI=1S/C28H30O6/c1-21(29)33-28-27(32-19-24-15-9-4-10-16-24)26(31-18-23-13-7-3-8-14-23)25(34-28)20-30-17-22-11-5-2-6-12-22/h2-16,25-28H,17-20H2,1H3/t25-,26+,27-,28+/m0/s1. The smallest absolute Gasteiger partial charge is 0.305 e. The lowest BCUT2D eigenvalue weighted by Gasteiger charge is -2.24. The van der Waals surface area contributed by atoms with Crippen molar-refractivity contribution >= 4 is 5.97 Å². The highest BCUT2D eigenvalue weighted by atomic mass is 16.7. The zero-order chi connectivity index (χ0) is 23.6. The molecule has 178 valence electrons. The van der Waals surface area contributed by atoms with Crippen molar-refractivity contribution < 1.29 is 28.5 Å². The summed E-state index contributed by atoms with van der Waals surface area (Å²) in [6.07, 6.45) is -2.42. The Labute approximate surface area is 200 Å². The van der Waals surface area contributed by atoms with Crippen LogP contribution in [0.5, 0.6) is 0 Å². The predicted molar refractivity (Wildman–Crippen MR) is 127 cm³/mol. The van der Waals surface area contributed by atoms with Crippen molar-refractivity contribution in [2.75, 3.05) is 6.61 Å². The molecule has 4 atom stereocenters. The summed E-state index contributed by atoms with van der Waals surface area (Å²) in [5.41, 5.74) is 3.11. The molecule has 1 aliphatic heterocycles. The number of carbonyl (C=O) groups is 1. The van der Waals surface area contributed by atoms with Crippen molar-refractivity contribution in [1.29, 1.82) is 0 Å². The molecule has 6 heteroatoms. The van der Waals surface area contributed by atoms with Crippen LogP contribution in [0, 0.1) is 0 Å². The quantitative estimate of drug-likeness (QED) is 0.386. The molecule has 34 heavy (non-hydrogen) atoms. The zero-order valence-corrected chi connectivity index (χ0v) is 19.2. The molecule has 0 N–H and O–H groups in total. The molecular weight excluding hydrogens is 432 g/mol. The van der Waals surface area contributed by atoms with Crippen molar-refractivity contribution in [1.82, 2.24) is 0 Å². The Morgan fingerprint density at radius 1 is 0.706 bits per heavy atom. The van der Waals surface area contributed by atoms with E-state index in [2.05, 4.69) is 0 Å².